The number of hydrogen-bond donors (Lipinski definition) is 2. The van der Waals surface area contributed by atoms with Crippen LogP contribution < -0.4 is 10.2 Å². The molecule has 2 N–H and O–H groups in total. The number of benzene rings is 1. The van der Waals surface area contributed by atoms with Crippen LogP contribution in [-0.2, 0) is 4.79 Å². The van der Waals surface area contributed by atoms with Crippen LogP contribution in [0.3, 0.4) is 0 Å². The number of likely N-dealkylation sites (tertiary alicyclic amines) is 1. The third-order valence-electron chi connectivity index (χ3n) is 5.34. The molecule has 6 heteroatoms. The molecule has 1 aliphatic rings. The topological polar surface area (TPSA) is 59.4 Å². The van der Waals surface area contributed by atoms with Gasteiger partial charge in [-0.15, -0.1) is 0 Å². The molecular weight excluding hydrogens is 464 g/mol. The average Bonchev–Trinajstić information content (AvgIpc) is 3.20. The van der Waals surface area contributed by atoms with Crippen molar-refractivity contribution in [3.05, 3.63) is 88.7 Å². The highest BCUT2D eigenvalue weighted by Gasteiger charge is 2.23. The normalized spacial score (nSPS) is 17.2. The molecule has 1 unspecified atom stereocenters. The number of nitrogens with one attached hydrogen (secondary N) is 2. The zero-order valence-corrected chi connectivity index (χ0v) is 21.0. The molecule has 1 aromatic carbocycles. The maximum absolute atomic E-state index is 13.0. The van der Waals surface area contributed by atoms with Gasteiger partial charge in [-0.05, 0) is 76.1 Å². The molecule has 32 heavy (non-hydrogen) atoms. The van der Waals surface area contributed by atoms with Crippen LogP contribution in [0.25, 0.3) is 0 Å². The lowest BCUT2D eigenvalue weighted by atomic mass is 10.1. The van der Waals surface area contributed by atoms with Gasteiger partial charge < -0.3 is 15.1 Å². The molecule has 2 rings (SSSR count). The van der Waals surface area contributed by atoms with Crippen LogP contribution in [0.15, 0.2) is 83.2 Å². The zero-order valence-electron chi connectivity index (χ0n) is 19.4. The second-order valence-corrected chi connectivity index (χ2v) is 8.99. The van der Waals surface area contributed by atoms with Gasteiger partial charge >= 0.3 is 0 Å². The van der Waals surface area contributed by atoms with E-state index >= 15 is 0 Å². The van der Waals surface area contributed by atoms with Crippen molar-refractivity contribution >= 4 is 33.4 Å². The molecule has 0 bridgehead atoms. The van der Waals surface area contributed by atoms with Gasteiger partial charge in [-0.1, -0.05) is 40.7 Å². The summed E-state index contributed by atoms with van der Waals surface area (Å²) in [7, 11) is 1.85. The number of likely N-dealkylation sites (N-methyl/N-ethyl adjacent to an activating group) is 1. The van der Waals surface area contributed by atoms with E-state index in [1.807, 2.05) is 62.2 Å². The number of anilines is 1. The molecule has 5 nitrogen and oxygen atoms in total. The van der Waals surface area contributed by atoms with Gasteiger partial charge in [-0.3, -0.25) is 10.2 Å². The van der Waals surface area contributed by atoms with Crippen LogP contribution >= 0.6 is 15.9 Å². The Bertz CT molecular complexity index is 972. The fraction of sp³-hybridized carbons (Fsp3) is 0.308. The summed E-state index contributed by atoms with van der Waals surface area (Å²) in [5.74, 6) is 0.328. The lowest BCUT2D eigenvalue weighted by Gasteiger charge is -2.25. The second-order valence-electron chi connectivity index (χ2n) is 8.07. The minimum absolute atomic E-state index is 0.227. The van der Waals surface area contributed by atoms with Gasteiger partial charge in [-0.2, -0.15) is 0 Å². The van der Waals surface area contributed by atoms with E-state index in [1.54, 1.807) is 12.2 Å². The Balaban J connectivity index is 2.21. The van der Waals surface area contributed by atoms with Crippen molar-refractivity contribution in [3.63, 3.8) is 0 Å². The van der Waals surface area contributed by atoms with Crippen molar-refractivity contribution in [1.29, 1.82) is 5.41 Å². The molecule has 1 atom stereocenters. The summed E-state index contributed by atoms with van der Waals surface area (Å²) in [6, 6.07) is 8.17. The van der Waals surface area contributed by atoms with Crippen LogP contribution in [0.2, 0.25) is 0 Å². The van der Waals surface area contributed by atoms with Gasteiger partial charge in [0.2, 0.25) is 0 Å². The summed E-state index contributed by atoms with van der Waals surface area (Å²) in [6.45, 7) is 14.4. The molecule has 1 saturated heterocycles. The molecule has 1 amide bonds. The Hall–Kier alpha value is -2.86. The highest BCUT2D eigenvalue weighted by molar-refractivity contribution is 9.11. The predicted molar refractivity (Wildman–Crippen MR) is 139 cm³/mol. The van der Waals surface area contributed by atoms with Crippen molar-refractivity contribution in [2.24, 2.45) is 0 Å². The van der Waals surface area contributed by atoms with Crippen molar-refractivity contribution in [1.82, 2.24) is 10.2 Å². The first-order chi connectivity index (χ1) is 15.1. The average molecular weight is 497 g/mol. The summed E-state index contributed by atoms with van der Waals surface area (Å²) in [5.41, 5.74) is 3.70. The van der Waals surface area contributed by atoms with Gasteiger partial charge in [0.25, 0.3) is 5.91 Å². The maximum Gasteiger partial charge on any atom is 0.272 e. The number of carbonyl (C=O) groups is 1. The largest absolute Gasteiger partial charge is 0.354 e. The fourth-order valence-corrected chi connectivity index (χ4v) is 3.65. The lowest BCUT2D eigenvalue weighted by Crippen LogP contribution is -2.34. The summed E-state index contributed by atoms with van der Waals surface area (Å²) >= 11 is 3.36. The molecule has 1 aliphatic heterocycles. The molecule has 1 aromatic rings. The molecule has 1 fully saturated rings. The molecule has 0 spiro atoms. The number of rotatable bonds is 8. The smallest absolute Gasteiger partial charge is 0.272 e. The first kappa shape index (κ1) is 25.4. The third kappa shape index (κ3) is 6.82. The Labute approximate surface area is 200 Å². The maximum atomic E-state index is 13.0. The highest BCUT2D eigenvalue weighted by atomic mass is 79.9. The van der Waals surface area contributed by atoms with Gasteiger partial charge in [0.05, 0.1) is 0 Å². The van der Waals surface area contributed by atoms with Gasteiger partial charge in [0, 0.05) is 41.1 Å². The van der Waals surface area contributed by atoms with Crippen molar-refractivity contribution in [3.8, 4) is 0 Å². The molecule has 0 radical (unpaired) electrons. The summed E-state index contributed by atoms with van der Waals surface area (Å²) in [5, 5.41) is 11.5. The first-order valence-electron chi connectivity index (χ1n) is 10.7. The fourth-order valence-electron chi connectivity index (χ4n) is 3.52. The van der Waals surface area contributed by atoms with Crippen LogP contribution in [-0.4, -0.2) is 36.3 Å². The lowest BCUT2D eigenvalue weighted by molar-refractivity contribution is -0.116. The van der Waals surface area contributed by atoms with Gasteiger partial charge in [0.15, 0.2) is 0 Å². The Morgan fingerprint density at radius 3 is 2.47 bits per heavy atom. The van der Waals surface area contributed by atoms with Crippen molar-refractivity contribution in [2.45, 2.75) is 39.7 Å². The number of amidine groups is 1. The van der Waals surface area contributed by atoms with Crippen LogP contribution in [0, 0.1) is 5.41 Å². The molecule has 170 valence electrons. The van der Waals surface area contributed by atoms with Crippen LogP contribution in [0.1, 0.15) is 39.2 Å². The zero-order chi connectivity index (χ0) is 23.8. The molecular formula is C26H33BrN4O. The first-order valence-corrected chi connectivity index (χ1v) is 11.5. The van der Waals surface area contributed by atoms with E-state index in [9.17, 15) is 4.79 Å². The molecule has 0 aromatic heterocycles. The second kappa shape index (κ2) is 11.7. The number of halogens is 1. The van der Waals surface area contributed by atoms with Crippen molar-refractivity contribution < 1.29 is 4.79 Å². The van der Waals surface area contributed by atoms with E-state index in [0.29, 0.717) is 23.3 Å². The van der Waals surface area contributed by atoms with E-state index in [0.717, 1.165) is 40.7 Å². The number of nitrogens with zero attached hydrogens (tertiary/aromatic N) is 2. The standard InChI is InChI=1S/C26H33BrN4O/c1-7-22(27)13-10-19(4)29-26(32)24(17-18(2)3)30(6)23-14-11-21(12-15-23)25(28)31-16-8-9-20(31)5/h7,10-15,17,20,28H,1-2,8-9,16H2,3-6H3,(H,29,32)/b19-10+,22-13+,24-17-,28-25?. The van der Waals surface area contributed by atoms with Gasteiger partial charge in [-0.25, -0.2) is 0 Å². The van der Waals surface area contributed by atoms with E-state index in [1.165, 1.54) is 0 Å². The predicted octanol–water partition coefficient (Wildman–Crippen LogP) is 5.88. The van der Waals surface area contributed by atoms with Gasteiger partial charge in [0.1, 0.15) is 11.5 Å². The van der Waals surface area contributed by atoms with Crippen LogP contribution in [0.4, 0.5) is 5.69 Å². The molecule has 0 aliphatic carbocycles. The SMILES string of the molecule is C=C/C(Br)=C\C=C(/C)NC(=O)/C(=C/C(=C)C)N(C)c1ccc(C(=N)N2CCCC2C)cc1. The monoisotopic (exact) mass is 496 g/mol. The molecule has 1 heterocycles. The Kier molecular flexibility index (Phi) is 9.27. The number of allylic oxidation sites excluding steroid dienone is 7. The van der Waals surface area contributed by atoms with E-state index in [-0.39, 0.29) is 5.91 Å². The minimum Gasteiger partial charge on any atom is -0.354 e. The van der Waals surface area contributed by atoms with E-state index < -0.39 is 0 Å². The molecule has 0 saturated carbocycles. The summed E-state index contributed by atoms with van der Waals surface area (Å²) in [4.78, 5) is 17.0. The highest BCUT2D eigenvalue weighted by Crippen LogP contribution is 2.23. The third-order valence-corrected chi connectivity index (χ3v) is 5.93. The van der Waals surface area contributed by atoms with Crippen LogP contribution in [0.5, 0.6) is 0 Å². The van der Waals surface area contributed by atoms with E-state index in [2.05, 4.69) is 46.2 Å². The Morgan fingerprint density at radius 2 is 1.94 bits per heavy atom. The Morgan fingerprint density at radius 1 is 1.28 bits per heavy atom. The van der Waals surface area contributed by atoms with E-state index in [4.69, 9.17) is 5.41 Å². The minimum atomic E-state index is -0.227. The summed E-state index contributed by atoms with van der Waals surface area (Å²) < 4.78 is 0.829. The summed E-state index contributed by atoms with van der Waals surface area (Å²) in [6.07, 6.45) is 9.33. The quantitative estimate of drug-likeness (QED) is 0.204. The number of hydrogen-bond acceptors (Lipinski definition) is 3. The number of amides is 1. The van der Waals surface area contributed by atoms with Crippen molar-refractivity contribution in [2.75, 3.05) is 18.5 Å². The number of carbonyl (C=O) groups excluding carboxylic acids is 1.